The predicted octanol–water partition coefficient (Wildman–Crippen LogP) is 5.46. The number of carbonyl (C=O) groups excluding carboxylic acids is 2. The number of hydrogen-bond donors (Lipinski definition) is 2. The van der Waals surface area contributed by atoms with Gasteiger partial charge in [0, 0.05) is 11.4 Å². The summed E-state index contributed by atoms with van der Waals surface area (Å²) in [5, 5.41) is 14.7. The van der Waals surface area contributed by atoms with Crippen molar-refractivity contribution in [2.75, 3.05) is 17.2 Å². The summed E-state index contributed by atoms with van der Waals surface area (Å²) in [5.41, 5.74) is 2.58. The molecule has 3 aromatic carbocycles. The molecule has 0 bridgehead atoms. The number of hydrogen-bond acceptors (Lipinski definition) is 4. The fourth-order valence-corrected chi connectivity index (χ4v) is 3.34. The Hall–Kier alpha value is -3.96. The number of anilines is 2. The number of amides is 2. The molecule has 0 aliphatic carbocycles. The van der Waals surface area contributed by atoms with Crippen molar-refractivity contribution in [1.29, 1.82) is 5.26 Å². The number of carbonyl (C=O) groups is 2. The quantitative estimate of drug-likeness (QED) is 0.328. The molecular formula is C25H19BrFN3O3. The van der Waals surface area contributed by atoms with Gasteiger partial charge in [0.2, 0.25) is 0 Å². The third-order valence-corrected chi connectivity index (χ3v) is 5.01. The highest BCUT2D eigenvalue weighted by Gasteiger charge is 2.11. The highest BCUT2D eigenvalue weighted by Crippen LogP contribution is 2.27. The van der Waals surface area contributed by atoms with Crippen LogP contribution in [0.15, 0.2) is 76.8 Å². The molecule has 0 atom stereocenters. The zero-order chi connectivity index (χ0) is 23.8. The summed E-state index contributed by atoms with van der Waals surface area (Å²) >= 11 is 3.37. The van der Waals surface area contributed by atoms with E-state index in [0.717, 1.165) is 5.56 Å². The van der Waals surface area contributed by atoms with E-state index in [2.05, 4.69) is 26.6 Å². The normalized spacial score (nSPS) is 10.8. The van der Waals surface area contributed by atoms with Crippen molar-refractivity contribution >= 4 is 45.2 Å². The van der Waals surface area contributed by atoms with Crippen LogP contribution < -0.4 is 15.4 Å². The van der Waals surface area contributed by atoms with Crippen LogP contribution in [0.5, 0.6) is 5.75 Å². The second kappa shape index (κ2) is 11.1. The van der Waals surface area contributed by atoms with Crippen molar-refractivity contribution < 1.29 is 18.7 Å². The molecule has 8 heteroatoms. The van der Waals surface area contributed by atoms with Gasteiger partial charge in [0.1, 0.15) is 23.2 Å². The van der Waals surface area contributed by atoms with Crippen LogP contribution >= 0.6 is 15.9 Å². The van der Waals surface area contributed by atoms with Gasteiger partial charge in [-0.1, -0.05) is 18.2 Å². The van der Waals surface area contributed by atoms with E-state index in [0.29, 0.717) is 27.2 Å². The summed E-state index contributed by atoms with van der Waals surface area (Å²) in [6, 6.07) is 19.5. The molecule has 0 unspecified atom stereocenters. The average Bonchev–Trinajstić information content (AvgIpc) is 2.78. The van der Waals surface area contributed by atoms with Gasteiger partial charge in [-0.3, -0.25) is 9.59 Å². The van der Waals surface area contributed by atoms with Crippen LogP contribution in [0.25, 0.3) is 6.08 Å². The van der Waals surface area contributed by atoms with E-state index in [1.807, 2.05) is 31.2 Å². The zero-order valence-corrected chi connectivity index (χ0v) is 19.1. The van der Waals surface area contributed by atoms with Crippen LogP contribution in [0.2, 0.25) is 0 Å². The molecule has 0 aliphatic heterocycles. The lowest BCUT2D eigenvalue weighted by Crippen LogP contribution is -2.20. The van der Waals surface area contributed by atoms with E-state index in [4.69, 9.17) is 4.74 Å². The number of ether oxygens (including phenoxy) is 1. The molecule has 0 radical (unpaired) electrons. The third-order valence-electron chi connectivity index (χ3n) is 4.39. The maximum absolute atomic E-state index is 12.9. The second-order valence-electron chi connectivity index (χ2n) is 7.03. The van der Waals surface area contributed by atoms with Crippen LogP contribution in [-0.4, -0.2) is 18.4 Å². The molecule has 0 spiro atoms. The monoisotopic (exact) mass is 507 g/mol. The first kappa shape index (κ1) is 23.7. The Balaban J connectivity index is 1.63. The minimum atomic E-state index is -0.517. The van der Waals surface area contributed by atoms with Gasteiger partial charge in [-0.05, 0) is 88.6 Å². The van der Waals surface area contributed by atoms with E-state index in [1.165, 1.54) is 30.3 Å². The fraction of sp³-hybridized carbons (Fsp3) is 0.0800. The maximum Gasteiger partial charge on any atom is 0.266 e. The molecule has 3 rings (SSSR count). The van der Waals surface area contributed by atoms with E-state index >= 15 is 0 Å². The van der Waals surface area contributed by atoms with Crippen LogP contribution in [0.4, 0.5) is 15.8 Å². The van der Waals surface area contributed by atoms with Crippen LogP contribution in [-0.2, 0) is 9.59 Å². The molecule has 33 heavy (non-hydrogen) atoms. The Morgan fingerprint density at radius 3 is 2.48 bits per heavy atom. The Kier molecular flexibility index (Phi) is 7.95. The first-order valence-corrected chi connectivity index (χ1v) is 10.6. The Morgan fingerprint density at radius 2 is 1.82 bits per heavy atom. The topological polar surface area (TPSA) is 91.2 Å². The second-order valence-corrected chi connectivity index (χ2v) is 7.88. The summed E-state index contributed by atoms with van der Waals surface area (Å²) in [7, 11) is 0. The largest absolute Gasteiger partial charge is 0.483 e. The van der Waals surface area contributed by atoms with Crippen molar-refractivity contribution in [2.24, 2.45) is 0 Å². The summed E-state index contributed by atoms with van der Waals surface area (Å²) in [5.74, 6) is -0.910. The first-order valence-electron chi connectivity index (χ1n) is 9.81. The molecule has 2 N–H and O–H groups in total. The minimum Gasteiger partial charge on any atom is -0.483 e. The molecule has 0 saturated heterocycles. The molecule has 166 valence electrons. The van der Waals surface area contributed by atoms with Crippen LogP contribution in [0.1, 0.15) is 11.1 Å². The molecular weight excluding hydrogens is 489 g/mol. The van der Waals surface area contributed by atoms with E-state index in [1.54, 1.807) is 24.3 Å². The number of halogens is 2. The van der Waals surface area contributed by atoms with Crippen molar-refractivity contribution in [3.8, 4) is 11.8 Å². The Bertz CT molecular complexity index is 1250. The predicted molar refractivity (Wildman–Crippen MR) is 128 cm³/mol. The summed E-state index contributed by atoms with van der Waals surface area (Å²) in [4.78, 5) is 24.5. The molecule has 0 heterocycles. The van der Waals surface area contributed by atoms with Crippen molar-refractivity contribution in [3.05, 3.63) is 93.7 Å². The van der Waals surface area contributed by atoms with E-state index < -0.39 is 17.6 Å². The summed E-state index contributed by atoms with van der Waals surface area (Å²) < 4.78 is 19.0. The smallest absolute Gasteiger partial charge is 0.266 e. The highest BCUT2D eigenvalue weighted by atomic mass is 79.9. The standard InChI is InChI=1S/C25H19BrFN3O3/c1-16-3-2-4-21(11-16)30-25(32)18(14-28)12-17-5-10-23(22(26)13-17)33-15-24(31)29-20-8-6-19(27)7-9-20/h2-13H,15H2,1H3,(H,29,31)(H,30,32)/b18-12+. The van der Waals surface area contributed by atoms with Crippen molar-refractivity contribution in [3.63, 3.8) is 0 Å². The van der Waals surface area contributed by atoms with Crippen LogP contribution in [0.3, 0.4) is 0 Å². The summed E-state index contributed by atoms with van der Waals surface area (Å²) in [6.45, 7) is 1.65. The number of nitrogens with zero attached hydrogens (tertiary/aromatic N) is 1. The Morgan fingerprint density at radius 1 is 1.06 bits per heavy atom. The van der Waals surface area contributed by atoms with Gasteiger partial charge in [0.15, 0.2) is 6.61 Å². The lowest BCUT2D eigenvalue weighted by molar-refractivity contribution is -0.118. The van der Waals surface area contributed by atoms with Gasteiger partial charge in [-0.2, -0.15) is 5.26 Å². The van der Waals surface area contributed by atoms with Gasteiger partial charge < -0.3 is 15.4 Å². The van der Waals surface area contributed by atoms with Gasteiger partial charge in [0.05, 0.1) is 4.47 Å². The van der Waals surface area contributed by atoms with Crippen molar-refractivity contribution in [1.82, 2.24) is 0 Å². The van der Waals surface area contributed by atoms with E-state index in [9.17, 15) is 19.2 Å². The number of nitrogens with one attached hydrogen (secondary N) is 2. The minimum absolute atomic E-state index is 0.0595. The number of aryl methyl sites for hydroxylation is 1. The Labute approximate surface area is 198 Å². The SMILES string of the molecule is Cc1cccc(NC(=O)/C(C#N)=C/c2ccc(OCC(=O)Nc3ccc(F)cc3)c(Br)c2)c1. The number of nitriles is 1. The average molecular weight is 508 g/mol. The molecule has 0 saturated carbocycles. The number of rotatable bonds is 7. The maximum atomic E-state index is 12.9. The van der Waals surface area contributed by atoms with Gasteiger partial charge >= 0.3 is 0 Å². The third kappa shape index (κ3) is 7.02. The lowest BCUT2D eigenvalue weighted by Gasteiger charge is -2.10. The summed E-state index contributed by atoms with van der Waals surface area (Å²) in [6.07, 6.45) is 1.46. The molecule has 0 aliphatic rings. The fourth-order valence-electron chi connectivity index (χ4n) is 2.83. The van der Waals surface area contributed by atoms with Crippen LogP contribution in [0, 0.1) is 24.1 Å². The highest BCUT2D eigenvalue weighted by molar-refractivity contribution is 9.10. The first-order chi connectivity index (χ1) is 15.8. The molecule has 0 aromatic heterocycles. The van der Waals surface area contributed by atoms with E-state index in [-0.39, 0.29) is 12.2 Å². The lowest BCUT2D eigenvalue weighted by atomic mass is 10.1. The van der Waals surface area contributed by atoms with Crippen molar-refractivity contribution in [2.45, 2.75) is 6.92 Å². The van der Waals surface area contributed by atoms with Gasteiger partial charge in [-0.25, -0.2) is 4.39 Å². The molecule has 0 fully saturated rings. The zero-order valence-electron chi connectivity index (χ0n) is 17.6. The molecule has 3 aromatic rings. The van der Waals surface area contributed by atoms with Gasteiger partial charge in [0.25, 0.3) is 11.8 Å². The molecule has 6 nitrogen and oxygen atoms in total. The molecule has 2 amide bonds. The van der Waals surface area contributed by atoms with Gasteiger partial charge in [-0.15, -0.1) is 0 Å². The number of benzene rings is 3.